The van der Waals surface area contributed by atoms with Crippen molar-refractivity contribution in [2.45, 2.75) is 16.7 Å². The van der Waals surface area contributed by atoms with E-state index in [-0.39, 0.29) is 5.69 Å². The molecule has 6 heteroatoms. The van der Waals surface area contributed by atoms with E-state index in [0.717, 1.165) is 16.5 Å². The quantitative estimate of drug-likeness (QED) is 0.509. The second-order valence-corrected chi connectivity index (χ2v) is 5.69. The zero-order valence-electron chi connectivity index (χ0n) is 11.7. The minimum atomic E-state index is -1.10. The van der Waals surface area contributed by atoms with Crippen LogP contribution in [-0.2, 0) is 4.79 Å². The topological polar surface area (TPSA) is 80.4 Å². The molecule has 0 unspecified atom stereocenters. The van der Waals surface area contributed by atoms with Gasteiger partial charge in [0.05, 0.1) is 9.82 Å². The fourth-order valence-corrected chi connectivity index (χ4v) is 2.67. The number of carboxylic acid groups (broad SMARTS) is 1. The van der Waals surface area contributed by atoms with Crippen LogP contribution in [0.2, 0.25) is 0 Å². The van der Waals surface area contributed by atoms with Gasteiger partial charge in [0.2, 0.25) is 0 Å². The zero-order chi connectivity index (χ0) is 16.1. The number of nitro benzene ring substituents is 1. The molecule has 0 saturated heterocycles. The molecule has 112 valence electrons. The van der Waals surface area contributed by atoms with Gasteiger partial charge in [0.1, 0.15) is 0 Å². The summed E-state index contributed by atoms with van der Waals surface area (Å²) < 4.78 is 0. The SMILES string of the molecule is Cc1ccc(Sc2ccc(/C=C/C(=O)O)cc2[N+](=O)[O-])cc1. The van der Waals surface area contributed by atoms with Gasteiger partial charge in [-0.05, 0) is 36.8 Å². The minimum Gasteiger partial charge on any atom is -0.478 e. The van der Waals surface area contributed by atoms with Crippen LogP contribution in [-0.4, -0.2) is 16.0 Å². The van der Waals surface area contributed by atoms with Crippen molar-refractivity contribution in [2.24, 2.45) is 0 Å². The van der Waals surface area contributed by atoms with Crippen molar-refractivity contribution >= 4 is 29.5 Å². The van der Waals surface area contributed by atoms with Crippen LogP contribution in [0.5, 0.6) is 0 Å². The van der Waals surface area contributed by atoms with E-state index in [9.17, 15) is 14.9 Å². The van der Waals surface area contributed by atoms with Gasteiger partial charge in [0, 0.05) is 17.0 Å². The maximum atomic E-state index is 11.2. The summed E-state index contributed by atoms with van der Waals surface area (Å²) in [6.45, 7) is 1.97. The van der Waals surface area contributed by atoms with Crippen LogP contribution in [0.25, 0.3) is 6.08 Å². The van der Waals surface area contributed by atoms with Crippen molar-refractivity contribution in [3.63, 3.8) is 0 Å². The van der Waals surface area contributed by atoms with Crippen LogP contribution in [0.3, 0.4) is 0 Å². The first-order chi connectivity index (χ1) is 10.5. The van der Waals surface area contributed by atoms with E-state index in [2.05, 4.69) is 0 Å². The summed E-state index contributed by atoms with van der Waals surface area (Å²) in [5.41, 5.74) is 1.55. The monoisotopic (exact) mass is 315 g/mol. The fraction of sp³-hybridized carbons (Fsp3) is 0.0625. The van der Waals surface area contributed by atoms with Crippen molar-refractivity contribution in [3.05, 3.63) is 69.8 Å². The van der Waals surface area contributed by atoms with E-state index in [1.807, 2.05) is 31.2 Å². The lowest BCUT2D eigenvalue weighted by atomic mass is 10.2. The fourth-order valence-electron chi connectivity index (χ4n) is 1.77. The second kappa shape index (κ2) is 6.91. The molecule has 0 aliphatic rings. The summed E-state index contributed by atoms with van der Waals surface area (Å²) in [6.07, 6.45) is 2.28. The van der Waals surface area contributed by atoms with Gasteiger partial charge in [-0.25, -0.2) is 4.79 Å². The molecule has 0 atom stereocenters. The van der Waals surface area contributed by atoms with Crippen molar-refractivity contribution in [2.75, 3.05) is 0 Å². The van der Waals surface area contributed by atoms with E-state index in [1.165, 1.54) is 23.9 Å². The Bertz CT molecular complexity index is 738. The lowest BCUT2D eigenvalue weighted by Gasteiger charge is -2.04. The number of rotatable bonds is 5. The van der Waals surface area contributed by atoms with Gasteiger partial charge in [0.15, 0.2) is 0 Å². The summed E-state index contributed by atoms with van der Waals surface area (Å²) in [6, 6.07) is 12.4. The Balaban J connectivity index is 2.32. The number of nitrogens with zero attached hydrogens (tertiary/aromatic N) is 1. The average molecular weight is 315 g/mol. The first-order valence-corrected chi connectivity index (χ1v) is 7.21. The highest BCUT2D eigenvalue weighted by molar-refractivity contribution is 7.99. The van der Waals surface area contributed by atoms with E-state index < -0.39 is 10.9 Å². The average Bonchev–Trinajstić information content (AvgIpc) is 2.48. The van der Waals surface area contributed by atoms with E-state index in [0.29, 0.717) is 10.5 Å². The summed E-state index contributed by atoms with van der Waals surface area (Å²) in [5, 5.41) is 19.8. The van der Waals surface area contributed by atoms with Crippen LogP contribution in [0.15, 0.2) is 58.3 Å². The highest BCUT2D eigenvalue weighted by Gasteiger charge is 2.15. The molecule has 2 rings (SSSR count). The number of hydrogen-bond acceptors (Lipinski definition) is 4. The van der Waals surface area contributed by atoms with Crippen LogP contribution in [0, 0.1) is 17.0 Å². The molecule has 0 fully saturated rings. The highest BCUT2D eigenvalue weighted by Crippen LogP contribution is 2.35. The molecule has 0 spiro atoms. The van der Waals surface area contributed by atoms with Gasteiger partial charge in [-0.15, -0.1) is 0 Å². The molecule has 0 aliphatic heterocycles. The molecule has 0 aromatic heterocycles. The Hall–Kier alpha value is -2.60. The van der Waals surface area contributed by atoms with Crippen molar-refractivity contribution in [1.29, 1.82) is 0 Å². The van der Waals surface area contributed by atoms with E-state index in [4.69, 9.17) is 5.11 Å². The van der Waals surface area contributed by atoms with Gasteiger partial charge in [-0.2, -0.15) is 0 Å². The van der Waals surface area contributed by atoms with Crippen molar-refractivity contribution in [3.8, 4) is 0 Å². The molecule has 5 nitrogen and oxygen atoms in total. The number of hydrogen-bond donors (Lipinski definition) is 1. The zero-order valence-corrected chi connectivity index (χ0v) is 12.5. The molecule has 0 aliphatic carbocycles. The van der Waals surface area contributed by atoms with Gasteiger partial charge >= 0.3 is 5.97 Å². The molecular weight excluding hydrogens is 302 g/mol. The number of aryl methyl sites for hydroxylation is 1. The Morgan fingerprint density at radius 2 is 1.91 bits per heavy atom. The van der Waals surface area contributed by atoms with Crippen LogP contribution in [0.4, 0.5) is 5.69 Å². The smallest absolute Gasteiger partial charge is 0.328 e. The van der Waals surface area contributed by atoms with Crippen LogP contribution < -0.4 is 0 Å². The summed E-state index contributed by atoms with van der Waals surface area (Å²) in [5.74, 6) is -1.10. The number of nitro groups is 1. The highest BCUT2D eigenvalue weighted by atomic mass is 32.2. The molecule has 1 N–H and O–H groups in total. The largest absolute Gasteiger partial charge is 0.478 e. The third kappa shape index (κ3) is 4.20. The van der Waals surface area contributed by atoms with Crippen molar-refractivity contribution < 1.29 is 14.8 Å². The number of aliphatic carboxylic acids is 1. The number of carboxylic acids is 1. The Morgan fingerprint density at radius 3 is 2.50 bits per heavy atom. The molecule has 2 aromatic carbocycles. The molecule has 0 radical (unpaired) electrons. The standard InChI is InChI=1S/C16H13NO4S/c1-11-2-6-13(7-3-11)22-15-8-4-12(5-9-16(18)19)10-14(15)17(20)21/h2-10H,1H3,(H,18,19)/b9-5+. The molecule has 0 saturated carbocycles. The second-order valence-electron chi connectivity index (χ2n) is 4.57. The Labute approximate surface area is 131 Å². The Kier molecular flexibility index (Phi) is 4.95. The third-order valence-electron chi connectivity index (χ3n) is 2.85. The predicted molar refractivity (Wildman–Crippen MR) is 85.1 cm³/mol. The Morgan fingerprint density at radius 1 is 1.23 bits per heavy atom. The van der Waals surface area contributed by atoms with Crippen LogP contribution >= 0.6 is 11.8 Å². The predicted octanol–water partition coefficient (Wildman–Crippen LogP) is 4.15. The lowest BCUT2D eigenvalue weighted by molar-refractivity contribution is -0.387. The molecular formula is C16H13NO4S. The minimum absolute atomic E-state index is 0.0434. The number of carbonyl (C=O) groups is 1. The molecule has 2 aromatic rings. The maximum Gasteiger partial charge on any atom is 0.328 e. The molecule has 22 heavy (non-hydrogen) atoms. The lowest BCUT2D eigenvalue weighted by Crippen LogP contribution is -1.92. The van der Waals surface area contributed by atoms with Gasteiger partial charge in [-0.3, -0.25) is 10.1 Å². The molecule has 0 bridgehead atoms. The first-order valence-electron chi connectivity index (χ1n) is 6.39. The summed E-state index contributed by atoms with van der Waals surface area (Å²) in [7, 11) is 0. The summed E-state index contributed by atoms with van der Waals surface area (Å²) in [4.78, 5) is 22.7. The maximum absolute atomic E-state index is 11.2. The van der Waals surface area contributed by atoms with E-state index in [1.54, 1.807) is 12.1 Å². The van der Waals surface area contributed by atoms with Gasteiger partial charge in [0.25, 0.3) is 5.69 Å². The van der Waals surface area contributed by atoms with Gasteiger partial charge < -0.3 is 5.11 Å². The molecule has 0 amide bonds. The third-order valence-corrected chi connectivity index (χ3v) is 3.92. The molecule has 0 heterocycles. The first kappa shape index (κ1) is 15.8. The van der Waals surface area contributed by atoms with Gasteiger partial charge in [-0.1, -0.05) is 35.5 Å². The normalized spacial score (nSPS) is 10.8. The van der Waals surface area contributed by atoms with Crippen LogP contribution in [0.1, 0.15) is 11.1 Å². The van der Waals surface area contributed by atoms with E-state index >= 15 is 0 Å². The van der Waals surface area contributed by atoms with Crippen molar-refractivity contribution in [1.82, 2.24) is 0 Å². The summed E-state index contributed by atoms with van der Waals surface area (Å²) >= 11 is 1.30. The number of benzene rings is 2.